The van der Waals surface area contributed by atoms with Crippen LogP contribution in [0.2, 0.25) is 5.02 Å². The normalized spacial score (nSPS) is 10.6. The van der Waals surface area contributed by atoms with Crippen LogP contribution >= 0.6 is 11.6 Å². The first-order valence-electron chi connectivity index (χ1n) is 6.24. The highest BCUT2D eigenvalue weighted by atomic mass is 35.5. The lowest BCUT2D eigenvalue weighted by molar-refractivity contribution is 0.668. The maximum atomic E-state index is 6.07. The standard InChI is InChI=1S/C12H21ClN4/c1-4-7-14-12-15-8-10(13)11(17-12)16-9(5-2)6-3/h8-9H,4-7H2,1-3H3,(H2,14,15,16,17). The molecule has 0 aliphatic carbocycles. The van der Waals surface area contributed by atoms with Crippen LogP contribution in [-0.4, -0.2) is 22.6 Å². The van der Waals surface area contributed by atoms with Crippen molar-refractivity contribution in [3.05, 3.63) is 11.2 Å². The highest BCUT2D eigenvalue weighted by Crippen LogP contribution is 2.21. The fraction of sp³-hybridized carbons (Fsp3) is 0.667. The van der Waals surface area contributed by atoms with E-state index in [1.54, 1.807) is 6.20 Å². The highest BCUT2D eigenvalue weighted by Gasteiger charge is 2.09. The Bertz CT molecular complexity index is 339. The zero-order valence-corrected chi connectivity index (χ0v) is 11.5. The Kier molecular flexibility index (Phi) is 6.05. The zero-order chi connectivity index (χ0) is 12.7. The van der Waals surface area contributed by atoms with Crippen molar-refractivity contribution in [2.45, 2.75) is 46.1 Å². The first-order chi connectivity index (χ1) is 8.21. The van der Waals surface area contributed by atoms with Crippen LogP contribution < -0.4 is 10.6 Å². The minimum Gasteiger partial charge on any atom is -0.366 e. The number of hydrogen-bond donors (Lipinski definition) is 2. The molecule has 2 N–H and O–H groups in total. The second kappa shape index (κ2) is 7.33. The van der Waals surface area contributed by atoms with Gasteiger partial charge in [0.1, 0.15) is 5.02 Å². The monoisotopic (exact) mass is 256 g/mol. The molecule has 0 atom stereocenters. The van der Waals surface area contributed by atoms with Gasteiger partial charge >= 0.3 is 0 Å². The predicted octanol–water partition coefficient (Wildman–Crippen LogP) is 3.55. The molecule has 0 saturated heterocycles. The van der Waals surface area contributed by atoms with Crippen LogP contribution in [0, 0.1) is 0 Å². The van der Waals surface area contributed by atoms with E-state index in [0.717, 1.165) is 25.8 Å². The molecule has 0 aliphatic rings. The number of nitrogens with zero attached hydrogens (tertiary/aromatic N) is 2. The van der Waals surface area contributed by atoms with Gasteiger partial charge in [0, 0.05) is 12.6 Å². The summed E-state index contributed by atoms with van der Waals surface area (Å²) in [6.45, 7) is 7.26. The highest BCUT2D eigenvalue weighted by molar-refractivity contribution is 6.32. The predicted molar refractivity (Wildman–Crippen MR) is 73.8 cm³/mol. The third-order valence-electron chi connectivity index (χ3n) is 2.60. The summed E-state index contributed by atoms with van der Waals surface area (Å²) in [4.78, 5) is 8.52. The van der Waals surface area contributed by atoms with Gasteiger partial charge < -0.3 is 10.6 Å². The molecule has 0 aromatic carbocycles. The molecule has 17 heavy (non-hydrogen) atoms. The van der Waals surface area contributed by atoms with Crippen molar-refractivity contribution in [1.82, 2.24) is 9.97 Å². The average Bonchev–Trinajstić information content (AvgIpc) is 2.36. The fourth-order valence-corrected chi connectivity index (χ4v) is 1.62. The van der Waals surface area contributed by atoms with Crippen LogP contribution in [0.3, 0.4) is 0 Å². The molecule has 1 aromatic heterocycles. The quantitative estimate of drug-likeness (QED) is 0.783. The molecule has 1 rings (SSSR count). The van der Waals surface area contributed by atoms with Crippen LogP contribution in [0.1, 0.15) is 40.0 Å². The molecule has 0 fully saturated rings. The molecule has 0 unspecified atom stereocenters. The Labute approximate surface area is 108 Å². The van der Waals surface area contributed by atoms with Crippen molar-refractivity contribution in [2.75, 3.05) is 17.2 Å². The van der Waals surface area contributed by atoms with Gasteiger partial charge in [-0.2, -0.15) is 4.98 Å². The molecule has 0 saturated carbocycles. The van der Waals surface area contributed by atoms with Gasteiger partial charge in [0.05, 0.1) is 6.20 Å². The molecule has 0 bridgehead atoms. The van der Waals surface area contributed by atoms with Crippen molar-refractivity contribution in [1.29, 1.82) is 0 Å². The summed E-state index contributed by atoms with van der Waals surface area (Å²) < 4.78 is 0. The maximum absolute atomic E-state index is 6.07. The SMILES string of the molecule is CCCNc1ncc(Cl)c(NC(CC)CC)n1. The van der Waals surface area contributed by atoms with Gasteiger partial charge in [0.2, 0.25) is 5.95 Å². The van der Waals surface area contributed by atoms with E-state index in [0.29, 0.717) is 22.8 Å². The Hall–Kier alpha value is -1.03. The lowest BCUT2D eigenvalue weighted by Gasteiger charge is -2.16. The molecule has 0 radical (unpaired) electrons. The van der Waals surface area contributed by atoms with Gasteiger partial charge in [-0.25, -0.2) is 4.98 Å². The second-order valence-electron chi connectivity index (χ2n) is 3.97. The summed E-state index contributed by atoms with van der Waals surface area (Å²) in [6, 6.07) is 0.404. The van der Waals surface area contributed by atoms with Gasteiger partial charge in [-0.05, 0) is 19.3 Å². The van der Waals surface area contributed by atoms with Crippen molar-refractivity contribution in [3.63, 3.8) is 0 Å². The van der Waals surface area contributed by atoms with Gasteiger partial charge in [0.15, 0.2) is 5.82 Å². The van der Waals surface area contributed by atoms with Gasteiger partial charge in [-0.15, -0.1) is 0 Å². The van der Waals surface area contributed by atoms with E-state index in [1.165, 1.54) is 0 Å². The van der Waals surface area contributed by atoms with Crippen molar-refractivity contribution in [3.8, 4) is 0 Å². The molecule has 0 spiro atoms. The summed E-state index contributed by atoms with van der Waals surface area (Å²) in [5, 5.41) is 7.06. The van der Waals surface area contributed by atoms with Crippen molar-refractivity contribution >= 4 is 23.4 Å². The Morgan fingerprint density at radius 2 is 2.00 bits per heavy atom. The Morgan fingerprint density at radius 3 is 2.59 bits per heavy atom. The molecule has 0 amide bonds. The molecule has 0 aliphatic heterocycles. The van der Waals surface area contributed by atoms with Crippen LogP contribution in [-0.2, 0) is 0 Å². The third kappa shape index (κ3) is 4.38. The summed E-state index contributed by atoms with van der Waals surface area (Å²) in [5.41, 5.74) is 0. The average molecular weight is 257 g/mol. The lowest BCUT2D eigenvalue weighted by Crippen LogP contribution is -2.19. The minimum absolute atomic E-state index is 0.404. The van der Waals surface area contributed by atoms with E-state index in [1.807, 2.05) is 0 Å². The number of hydrogen-bond acceptors (Lipinski definition) is 4. The summed E-state index contributed by atoms with van der Waals surface area (Å²) >= 11 is 6.07. The van der Waals surface area contributed by atoms with E-state index in [9.17, 15) is 0 Å². The fourth-order valence-electron chi connectivity index (χ4n) is 1.48. The molecule has 1 aromatic rings. The third-order valence-corrected chi connectivity index (χ3v) is 2.88. The van der Waals surface area contributed by atoms with Gasteiger partial charge in [-0.3, -0.25) is 0 Å². The number of halogens is 1. The Balaban J connectivity index is 2.75. The number of nitrogens with one attached hydrogen (secondary N) is 2. The summed E-state index contributed by atoms with van der Waals surface area (Å²) in [7, 11) is 0. The van der Waals surface area contributed by atoms with E-state index < -0.39 is 0 Å². The second-order valence-corrected chi connectivity index (χ2v) is 4.38. The van der Waals surface area contributed by atoms with Crippen molar-refractivity contribution < 1.29 is 0 Å². The van der Waals surface area contributed by atoms with Crippen LogP contribution in [0.15, 0.2) is 6.20 Å². The molecular weight excluding hydrogens is 236 g/mol. The molecule has 1 heterocycles. The molecule has 5 heteroatoms. The number of rotatable bonds is 7. The van der Waals surface area contributed by atoms with Gasteiger partial charge in [-0.1, -0.05) is 32.4 Å². The summed E-state index contributed by atoms with van der Waals surface area (Å²) in [5.74, 6) is 1.35. The van der Waals surface area contributed by atoms with Crippen LogP contribution in [0.4, 0.5) is 11.8 Å². The van der Waals surface area contributed by atoms with E-state index in [-0.39, 0.29) is 0 Å². The smallest absolute Gasteiger partial charge is 0.224 e. The summed E-state index contributed by atoms with van der Waals surface area (Å²) in [6.07, 6.45) is 4.78. The first kappa shape index (κ1) is 14.0. The topological polar surface area (TPSA) is 49.8 Å². The van der Waals surface area contributed by atoms with Gasteiger partial charge in [0.25, 0.3) is 0 Å². The van der Waals surface area contributed by atoms with E-state index in [4.69, 9.17) is 11.6 Å². The van der Waals surface area contributed by atoms with E-state index in [2.05, 4.69) is 41.4 Å². The number of anilines is 2. The minimum atomic E-state index is 0.404. The zero-order valence-electron chi connectivity index (χ0n) is 10.8. The van der Waals surface area contributed by atoms with Crippen LogP contribution in [0.25, 0.3) is 0 Å². The molecule has 96 valence electrons. The largest absolute Gasteiger partial charge is 0.366 e. The van der Waals surface area contributed by atoms with Crippen molar-refractivity contribution in [2.24, 2.45) is 0 Å². The lowest BCUT2D eigenvalue weighted by atomic mass is 10.2. The molecular formula is C12H21ClN4. The molecule has 4 nitrogen and oxygen atoms in total. The van der Waals surface area contributed by atoms with Crippen LogP contribution in [0.5, 0.6) is 0 Å². The maximum Gasteiger partial charge on any atom is 0.224 e. The first-order valence-corrected chi connectivity index (χ1v) is 6.61. The number of aromatic nitrogens is 2. The van der Waals surface area contributed by atoms with E-state index >= 15 is 0 Å². The Morgan fingerprint density at radius 1 is 1.29 bits per heavy atom.